The highest BCUT2D eigenvalue weighted by atomic mass is 16.5. The van der Waals surface area contributed by atoms with E-state index >= 15 is 0 Å². The molecule has 3 nitrogen and oxygen atoms in total. The van der Waals surface area contributed by atoms with Crippen LogP contribution in [-0.2, 0) is 11.3 Å². The number of nitrogens with one attached hydrogen (secondary N) is 1. The summed E-state index contributed by atoms with van der Waals surface area (Å²) >= 11 is 0. The van der Waals surface area contributed by atoms with Gasteiger partial charge in [0.15, 0.2) is 0 Å². The number of benzene rings is 2. The lowest BCUT2D eigenvalue weighted by Gasteiger charge is -2.16. The smallest absolute Gasteiger partial charge is 0.255 e. The lowest BCUT2D eigenvalue weighted by Crippen LogP contribution is -2.14. The molecule has 22 heavy (non-hydrogen) atoms. The maximum atomic E-state index is 12.5. The van der Waals surface area contributed by atoms with Gasteiger partial charge in [-0.2, -0.15) is 0 Å². The summed E-state index contributed by atoms with van der Waals surface area (Å²) in [6.45, 7) is 6.83. The lowest BCUT2D eigenvalue weighted by molar-refractivity contribution is 0.102. The summed E-state index contributed by atoms with van der Waals surface area (Å²) in [4.78, 5) is 12.5. The molecule has 0 atom stereocenters. The number of anilines is 1. The number of para-hydroxylation sites is 1. The van der Waals surface area contributed by atoms with Crippen LogP contribution in [0.1, 0.15) is 46.8 Å². The lowest BCUT2D eigenvalue weighted by atomic mass is 9.98. The summed E-state index contributed by atoms with van der Waals surface area (Å²) in [5, 5.41) is 3.06. The van der Waals surface area contributed by atoms with Gasteiger partial charge in [-0.3, -0.25) is 4.79 Å². The molecule has 0 aliphatic carbocycles. The van der Waals surface area contributed by atoms with Gasteiger partial charge >= 0.3 is 0 Å². The molecule has 3 heteroatoms. The number of hydrogen-bond donors (Lipinski definition) is 1. The molecule has 1 N–H and O–H groups in total. The van der Waals surface area contributed by atoms with E-state index in [0.717, 1.165) is 22.4 Å². The second-order valence-corrected chi connectivity index (χ2v) is 5.78. The molecule has 0 saturated carbocycles. The van der Waals surface area contributed by atoms with Crippen molar-refractivity contribution in [1.82, 2.24) is 0 Å². The molecule has 0 heterocycles. The first kappa shape index (κ1) is 16.2. The van der Waals surface area contributed by atoms with Gasteiger partial charge in [-0.05, 0) is 41.7 Å². The summed E-state index contributed by atoms with van der Waals surface area (Å²) in [5.74, 6) is 0.277. The van der Waals surface area contributed by atoms with E-state index in [1.165, 1.54) is 0 Å². The van der Waals surface area contributed by atoms with Gasteiger partial charge in [0.1, 0.15) is 0 Å². The van der Waals surface area contributed by atoms with Crippen molar-refractivity contribution < 1.29 is 9.53 Å². The molecule has 0 fully saturated rings. The molecule has 0 unspecified atom stereocenters. The first-order chi connectivity index (χ1) is 10.5. The van der Waals surface area contributed by atoms with Gasteiger partial charge in [0.25, 0.3) is 5.91 Å². The minimum atomic E-state index is -0.0832. The fourth-order valence-corrected chi connectivity index (χ4v) is 2.45. The second-order valence-electron chi connectivity index (χ2n) is 5.78. The van der Waals surface area contributed by atoms with E-state index in [1.54, 1.807) is 7.11 Å². The topological polar surface area (TPSA) is 38.3 Å². The Kier molecular flexibility index (Phi) is 5.34. The largest absolute Gasteiger partial charge is 0.380 e. The van der Waals surface area contributed by atoms with Crippen molar-refractivity contribution in [2.75, 3.05) is 12.4 Å². The van der Waals surface area contributed by atoms with Crippen LogP contribution in [0.4, 0.5) is 5.69 Å². The van der Waals surface area contributed by atoms with Crippen molar-refractivity contribution in [2.24, 2.45) is 0 Å². The fraction of sp³-hybridized carbons (Fsp3) is 0.316. The van der Waals surface area contributed by atoms with Crippen LogP contribution in [0.25, 0.3) is 0 Å². The number of rotatable bonds is 5. The third-order valence-corrected chi connectivity index (χ3v) is 3.69. The van der Waals surface area contributed by atoms with E-state index in [4.69, 9.17) is 4.74 Å². The van der Waals surface area contributed by atoms with E-state index in [-0.39, 0.29) is 5.91 Å². The number of carbonyl (C=O) groups excluding carboxylic acids is 1. The zero-order valence-electron chi connectivity index (χ0n) is 13.6. The van der Waals surface area contributed by atoms with Crippen LogP contribution >= 0.6 is 0 Å². The zero-order valence-corrected chi connectivity index (χ0v) is 13.6. The summed E-state index contributed by atoms with van der Waals surface area (Å²) in [7, 11) is 1.66. The number of methoxy groups -OCH3 is 1. The van der Waals surface area contributed by atoms with Crippen molar-refractivity contribution in [2.45, 2.75) is 33.3 Å². The maximum Gasteiger partial charge on any atom is 0.255 e. The highest BCUT2D eigenvalue weighted by molar-refractivity contribution is 6.05. The van der Waals surface area contributed by atoms with Crippen molar-refractivity contribution in [3.05, 3.63) is 64.7 Å². The molecule has 1 amide bonds. The number of aryl methyl sites for hydroxylation is 1. The molecule has 0 aliphatic heterocycles. The molecular formula is C19H23NO2. The molecule has 0 aliphatic rings. The fourth-order valence-electron chi connectivity index (χ4n) is 2.45. The van der Waals surface area contributed by atoms with Gasteiger partial charge < -0.3 is 10.1 Å². The van der Waals surface area contributed by atoms with Crippen LogP contribution in [0.2, 0.25) is 0 Å². The highest BCUT2D eigenvalue weighted by Gasteiger charge is 2.13. The Morgan fingerprint density at radius 1 is 1.14 bits per heavy atom. The van der Waals surface area contributed by atoms with Crippen LogP contribution in [0.15, 0.2) is 42.5 Å². The van der Waals surface area contributed by atoms with Gasteiger partial charge in [-0.1, -0.05) is 44.2 Å². The molecule has 0 spiro atoms. The van der Waals surface area contributed by atoms with Crippen LogP contribution < -0.4 is 5.32 Å². The predicted molar refractivity (Wildman–Crippen MR) is 90.4 cm³/mol. The predicted octanol–water partition coefficient (Wildman–Crippen LogP) is 4.52. The van der Waals surface area contributed by atoms with E-state index in [9.17, 15) is 4.79 Å². The van der Waals surface area contributed by atoms with Crippen molar-refractivity contribution in [3.8, 4) is 0 Å². The summed E-state index contributed by atoms with van der Waals surface area (Å²) in [6, 6.07) is 13.6. The Balaban J connectivity index is 2.22. The Labute approximate surface area is 132 Å². The SMILES string of the molecule is COCc1ccc(C(=O)Nc2c(C)cccc2C(C)C)cc1. The van der Waals surface area contributed by atoms with Crippen molar-refractivity contribution in [1.29, 1.82) is 0 Å². The standard InChI is InChI=1S/C19H23NO2/c1-13(2)17-7-5-6-14(3)18(17)20-19(21)16-10-8-15(9-11-16)12-22-4/h5-11,13H,12H2,1-4H3,(H,20,21). The number of amides is 1. The van der Waals surface area contributed by atoms with Gasteiger partial charge in [-0.15, -0.1) is 0 Å². The van der Waals surface area contributed by atoms with Gasteiger partial charge in [0.2, 0.25) is 0 Å². The van der Waals surface area contributed by atoms with Crippen LogP contribution in [0.3, 0.4) is 0 Å². The molecule has 0 saturated heterocycles. The van der Waals surface area contributed by atoms with Crippen LogP contribution in [0.5, 0.6) is 0 Å². The number of hydrogen-bond acceptors (Lipinski definition) is 2. The molecule has 2 rings (SSSR count). The van der Waals surface area contributed by atoms with E-state index < -0.39 is 0 Å². The van der Waals surface area contributed by atoms with Gasteiger partial charge in [0, 0.05) is 18.4 Å². The third-order valence-electron chi connectivity index (χ3n) is 3.69. The third kappa shape index (κ3) is 3.74. The molecule has 0 bridgehead atoms. The minimum absolute atomic E-state index is 0.0832. The first-order valence-corrected chi connectivity index (χ1v) is 7.51. The maximum absolute atomic E-state index is 12.5. The Morgan fingerprint density at radius 2 is 1.82 bits per heavy atom. The number of carbonyl (C=O) groups is 1. The quantitative estimate of drug-likeness (QED) is 0.881. The van der Waals surface area contributed by atoms with Crippen LogP contribution in [0, 0.1) is 6.92 Å². The summed E-state index contributed by atoms with van der Waals surface area (Å²) in [5.41, 5.74) is 4.86. The monoisotopic (exact) mass is 297 g/mol. The number of ether oxygens (including phenoxy) is 1. The normalized spacial score (nSPS) is 10.8. The Bertz CT molecular complexity index is 645. The average molecular weight is 297 g/mol. The van der Waals surface area contributed by atoms with E-state index in [1.807, 2.05) is 43.3 Å². The highest BCUT2D eigenvalue weighted by Crippen LogP contribution is 2.27. The van der Waals surface area contributed by atoms with E-state index in [0.29, 0.717) is 18.1 Å². The Morgan fingerprint density at radius 3 is 2.41 bits per heavy atom. The summed E-state index contributed by atoms with van der Waals surface area (Å²) < 4.78 is 5.08. The molecule has 2 aromatic carbocycles. The summed E-state index contributed by atoms with van der Waals surface area (Å²) in [6.07, 6.45) is 0. The molecular weight excluding hydrogens is 274 g/mol. The first-order valence-electron chi connectivity index (χ1n) is 7.51. The van der Waals surface area contributed by atoms with E-state index in [2.05, 4.69) is 25.2 Å². The molecule has 2 aromatic rings. The van der Waals surface area contributed by atoms with Gasteiger partial charge in [-0.25, -0.2) is 0 Å². The van der Waals surface area contributed by atoms with Gasteiger partial charge in [0.05, 0.1) is 6.61 Å². The molecule has 116 valence electrons. The van der Waals surface area contributed by atoms with Crippen LogP contribution in [-0.4, -0.2) is 13.0 Å². The molecule has 0 radical (unpaired) electrons. The second kappa shape index (κ2) is 7.23. The Hall–Kier alpha value is -2.13. The zero-order chi connectivity index (χ0) is 16.1. The minimum Gasteiger partial charge on any atom is -0.380 e. The molecule has 0 aromatic heterocycles. The van der Waals surface area contributed by atoms with Crippen molar-refractivity contribution in [3.63, 3.8) is 0 Å². The average Bonchev–Trinajstić information content (AvgIpc) is 2.50. The van der Waals surface area contributed by atoms with Crippen molar-refractivity contribution >= 4 is 11.6 Å².